The molecular formula is C48H28O2. The van der Waals surface area contributed by atoms with E-state index < -0.39 is 279 Å². The molecule has 2 heterocycles. The quantitative estimate of drug-likeness (QED) is 0.176. The van der Waals surface area contributed by atoms with Gasteiger partial charge in [-0.15, -0.1) is 0 Å². The molecule has 0 N–H and O–H groups in total. The summed E-state index contributed by atoms with van der Waals surface area (Å²) in [5.74, 6) is 0. The van der Waals surface area contributed by atoms with Gasteiger partial charge in [0.15, 0.2) is 0 Å². The largest absolute Gasteiger partial charge is 0.455 e. The molecule has 0 saturated carbocycles. The number of para-hydroxylation sites is 3. The maximum Gasteiger partial charge on any atom is 0.143 e. The molecule has 9 aromatic carbocycles. The van der Waals surface area contributed by atoms with Gasteiger partial charge in [-0.3, -0.25) is 0 Å². The highest BCUT2D eigenvalue weighted by molar-refractivity contribution is 6.24. The van der Waals surface area contributed by atoms with Crippen molar-refractivity contribution in [1.82, 2.24) is 0 Å². The summed E-state index contributed by atoms with van der Waals surface area (Å²) in [5.41, 5.74) is -6.88. The summed E-state index contributed by atoms with van der Waals surface area (Å²) in [6.45, 7) is 0. The summed E-state index contributed by atoms with van der Waals surface area (Å²) in [5, 5.41) is -5.74. The van der Waals surface area contributed by atoms with Gasteiger partial charge in [0, 0.05) is 38.2 Å². The third-order valence-electron chi connectivity index (χ3n) is 8.37. The molecule has 0 unspecified atom stereocenters. The maximum absolute atomic E-state index is 9.65. The predicted octanol–water partition coefficient (Wildman–Crippen LogP) is 13.9. The lowest BCUT2D eigenvalue weighted by Crippen LogP contribution is -1.91. The first-order valence-electron chi connectivity index (χ1n) is 28.8. The van der Waals surface area contributed by atoms with E-state index in [-0.39, 0.29) is 0 Å². The fourth-order valence-electron chi connectivity index (χ4n) is 6.25. The van der Waals surface area contributed by atoms with E-state index in [1.807, 2.05) is 0 Å². The lowest BCUT2D eigenvalue weighted by molar-refractivity contribution is 0.670. The molecule has 2 heteroatoms. The number of benzene rings is 9. The molecule has 0 radical (unpaired) electrons. The average molecular weight is 665 g/mol. The highest BCUT2D eigenvalue weighted by Gasteiger charge is 2.21. The first kappa shape index (κ1) is 11.8. The van der Waals surface area contributed by atoms with E-state index in [2.05, 4.69) is 0 Å². The fourth-order valence-corrected chi connectivity index (χ4v) is 6.25. The van der Waals surface area contributed by atoms with Gasteiger partial charge in [0.1, 0.15) is 22.3 Å². The van der Waals surface area contributed by atoms with Crippen LogP contribution in [0.2, 0.25) is 0 Å². The van der Waals surface area contributed by atoms with Gasteiger partial charge in [-0.2, -0.15) is 0 Å². The van der Waals surface area contributed by atoms with Crippen molar-refractivity contribution in [2.45, 2.75) is 0 Å². The molecule has 2 nitrogen and oxygen atoms in total. The number of hydrogen-bond donors (Lipinski definition) is 0. The van der Waals surface area contributed by atoms with Crippen LogP contribution >= 0.6 is 0 Å². The van der Waals surface area contributed by atoms with Crippen molar-refractivity contribution in [1.29, 1.82) is 0 Å². The van der Waals surface area contributed by atoms with Crippen molar-refractivity contribution in [2.75, 3.05) is 0 Å². The predicted molar refractivity (Wildman–Crippen MR) is 210 cm³/mol. The molecule has 0 aliphatic carbocycles. The van der Waals surface area contributed by atoms with Crippen molar-refractivity contribution in [3.63, 3.8) is 0 Å². The molecule has 50 heavy (non-hydrogen) atoms. The molecule has 0 spiro atoms. The Morgan fingerprint density at radius 3 is 1.50 bits per heavy atom. The van der Waals surface area contributed by atoms with Crippen LogP contribution in [-0.2, 0) is 0 Å². The molecule has 11 aromatic rings. The van der Waals surface area contributed by atoms with Crippen molar-refractivity contribution in [3.8, 4) is 33.4 Å². The standard InChI is InChI=1S/C48H28O2/c1-2-12-32-28-44-42(27-31(32)11-1)40-20-10-21-41(48(40)50-44)46-37-16-5-3-14-35(37)45(36-15-4-6-17-38(36)46)30-25-23-29(24-26-30)33-18-9-19-39-34-13-7-8-22-43(34)49-47(33)39/h1-28H/i1D,2D,3D,4D,5D,6D,7D,8D,9D,10D,11D,12D,13D,14D,15D,16D,17D,18D,19D,20D,21D,22D,23D,24D,25D,26D,27D,28D. The number of rotatable bonds is 3. The van der Waals surface area contributed by atoms with Crippen LogP contribution in [0.4, 0.5) is 0 Å². The van der Waals surface area contributed by atoms with Gasteiger partial charge in [-0.05, 0) is 67.1 Å². The van der Waals surface area contributed by atoms with E-state index in [1.165, 1.54) is 0 Å². The summed E-state index contributed by atoms with van der Waals surface area (Å²) in [6, 6.07) is -25.0. The van der Waals surface area contributed by atoms with Crippen LogP contribution in [0.3, 0.4) is 0 Å². The molecule has 2 aromatic heterocycles. The van der Waals surface area contributed by atoms with Crippen LogP contribution in [-0.4, -0.2) is 0 Å². The minimum atomic E-state index is -1.09. The lowest BCUT2D eigenvalue weighted by Gasteiger charge is -2.18. The van der Waals surface area contributed by atoms with Crippen molar-refractivity contribution in [2.24, 2.45) is 0 Å². The molecule has 0 fully saturated rings. The van der Waals surface area contributed by atoms with E-state index in [1.54, 1.807) is 0 Å². The van der Waals surface area contributed by atoms with E-state index in [4.69, 9.17) is 32.1 Å². The maximum atomic E-state index is 9.65. The highest BCUT2D eigenvalue weighted by atomic mass is 16.3. The molecule has 0 atom stereocenters. The minimum absolute atomic E-state index is 0.391. The zero-order chi connectivity index (χ0) is 57.1. The van der Waals surface area contributed by atoms with Crippen LogP contribution < -0.4 is 0 Å². The minimum Gasteiger partial charge on any atom is -0.455 e. The summed E-state index contributed by atoms with van der Waals surface area (Å²) in [4.78, 5) is 0. The number of furan rings is 2. The monoisotopic (exact) mass is 664 g/mol. The Labute approximate surface area is 326 Å². The number of fused-ring (bicyclic) bond motifs is 9. The van der Waals surface area contributed by atoms with Crippen molar-refractivity contribution >= 4 is 76.2 Å². The highest BCUT2D eigenvalue weighted by Crippen LogP contribution is 2.47. The van der Waals surface area contributed by atoms with Crippen molar-refractivity contribution in [3.05, 3.63) is 169 Å². The molecule has 0 bridgehead atoms. The Morgan fingerprint density at radius 1 is 0.320 bits per heavy atom. The zero-order valence-electron chi connectivity index (χ0n) is 52.8. The van der Waals surface area contributed by atoms with E-state index in [0.29, 0.717) is 0 Å². The molecule has 0 amide bonds. The van der Waals surface area contributed by atoms with Crippen molar-refractivity contribution < 1.29 is 47.2 Å². The number of hydrogen-bond acceptors (Lipinski definition) is 2. The SMILES string of the molecule is [2H]c1c([2H])c(-c2c3c([2H])c([2H])c([2H])c([2H])c3c(-c3c([2H])c([2H])c([2H])c4c3oc3c([2H])c5c([2H])c([2H])c([2H])c([2H])c5c([2H])c34)c3c([2H])c([2H])c([2H])c([2H])c23)c([2H])c([2H])c1-c1c([2H])c([2H])c([2H])c2c1oc1c([2H])c([2H])c([2H])c([2H])c12. The summed E-state index contributed by atoms with van der Waals surface area (Å²) >= 11 is 0. The van der Waals surface area contributed by atoms with E-state index in [9.17, 15) is 15.1 Å². The average Bonchev–Trinajstić information content (AvgIpc) is 3.73. The van der Waals surface area contributed by atoms with Crippen LogP contribution in [0.1, 0.15) is 38.4 Å². The van der Waals surface area contributed by atoms with Gasteiger partial charge in [0.05, 0.1) is 38.4 Å². The molecule has 0 aliphatic heterocycles. The van der Waals surface area contributed by atoms with Gasteiger partial charge in [-0.1, -0.05) is 151 Å². The Balaban J connectivity index is 1.37. The Kier molecular flexibility index (Phi) is 2.45. The summed E-state index contributed by atoms with van der Waals surface area (Å²) in [6.07, 6.45) is 0. The normalized spacial score (nSPS) is 19.8. The van der Waals surface area contributed by atoms with Gasteiger partial charge >= 0.3 is 0 Å². The Bertz CT molecular complexity index is 4660. The van der Waals surface area contributed by atoms with Crippen LogP contribution in [0.15, 0.2) is 178 Å². The first-order chi connectivity index (χ1) is 36.5. The van der Waals surface area contributed by atoms with E-state index in [0.717, 1.165) is 0 Å². The lowest BCUT2D eigenvalue weighted by atomic mass is 9.85. The first-order valence-corrected chi connectivity index (χ1v) is 14.8. The second-order valence-corrected chi connectivity index (χ2v) is 11.0. The second-order valence-electron chi connectivity index (χ2n) is 11.0. The van der Waals surface area contributed by atoms with Gasteiger partial charge in [0.25, 0.3) is 0 Å². The smallest absolute Gasteiger partial charge is 0.143 e. The Morgan fingerprint density at radius 2 is 0.800 bits per heavy atom. The summed E-state index contributed by atoms with van der Waals surface area (Å²) in [7, 11) is 0. The van der Waals surface area contributed by atoms with Crippen LogP contribution in [0.5, 0.6) is 0 Å². The zero-order valence-corrected chi connectivity index (χ0v) is 24.8. The summed E-state index contributed by atoms with van der Waals surface area (Å²) < 4.78 is 265. The van der Waals surface area contributed by atoms with E-state index >= 15 is 0 Å². The molecule has 232 valence electrons. The van der Waals surface area contributed by atoms with Gasteiger partial charge in [-0.25, -0.2) is 0 Å². The molecular weight excluding hydrogens is 609 g/mol. The molecule has 0 aliphatic rings. The molecule has 0 saturated heterocycles. The topological polar surface area (TPSA) is 26.3 Å². The third kappa shape index (κ3) is 3.90. The second kappa shape index (κ2) is 10.4. The van der Waals surface area contributed by atoms with Gasteiger partial charge < -0.3 is 8.83 Å². The third-order valence-corrected chi connectivity index (χ3v) is 8.37. The van der Waals surface area contributed by atoms with Crippen LogP contribution in [0, 0.1) is 0 Å². The van der Waals surface area contributed by atoms with Gasteiger partial charge in [0.2, 0.25) is 0 Å². The van der Waals surface area contributed by atoms with Crippen LogP contribution in [0.25, 0.3) is 110 Å². The Hall–Kier alpha value is -6.64. The molecule has 11 rings (SSSR count). The fraction of sp³-hybridized carbons (Fsp3) is 0.